The summed E-state index contributed by atoms with van der Waals surface area (Å²) in [4.78, 5) is 2.68. The number of anilines is 1. The summed E-state index contributed by atoms with van der Waals surface area (Å²) in [6.45, 7) is 7.70. The van der Waals surface area contributed by atoms with Gasteiger partial charge in [-0.05, 0) is 43.7 Å². The van der Waals surface area contributed by atoms with Crippen LogP contribution in [-0.2, 0) is 10.0 Å². The first-order chi connectivity index (χ1) is 9.45. The van der Waals surface area contributed by atoms with Crippen molar-refractivity contribution in [1.82, 2.24) is 9.21 Å². The third-order valence-corrected chi connectivity index (χ3v) is 5.75. The van der Waals surface area contributed by atoms with Crippen molar-refractivity contribution in [1.29, 1.82) is 0 Å². The van der Waals surface area contributed by atoms with E-state index in [2.05, 4.69) is 11.8 Å². The Labute approximate surface area is 121 Å². The molecule has 0 unspecified atom stereocenters. The van der Waals surface area contributed by atoms with E-state index in [1.165, 1.54) is 0 Å². The van der Waals surface area contributed by atoms with Gasteiger partial charge in [-0.15, -0.1) is 0 Å². The van der Waals surface area contributed by atoms with Gasteiger partial charge in [-0.3, -0.25) is 0 Å². The Hall–Kier alpha value is -1.11. The molecular formula is C14H23N3O2S. The summed E-state index contributed by atoms with van der Waals surface area (Å²) in [5.74, 6) is 0. The lowest BCUT2D eigenvalue weighted by atomic mass is 10.2. The van der Waals surface area contributed by atoms with E-state index in [0.717, 1.165) is 26.1 Å². The van der Waals surface area contributed by atoms with Crippen LogP contribution in [0.4, 0.5) is 5.69 Å². The molecular weight excluding hydrogens is 274 g/mol. The fraction of sp³-hybridized carbons (Fsp3) is 0.571. The first kappa shape index (κ1) is 15.3. The maximum Gasteiger partial charge on any atom is 0.243 e. The lowest BCUT2D eigenvalue weighted by Crippen LogP contribution is -2.48. The molecule has 0 saturated carbocycles. The molecule has 1 aliphatic heterocycles. The standard InChI is InChI=1S/C14H23N3O2S/c1-3-6-16-7-9-17(10-8-16)20(18,19)14-5-4-13(15)11-12(14)2/h4-5,11H,3,6-10,15H2,1-2H3. The second-order valence-corrected chi connectivity index (χ2v) is 7.18. The monoisotopic (exact) mass is 297 g/mol. The lowest BCUT2D eigenvalue weighted by Gasteiger charge is -2.34. The van der Waals surface area contributed by atoms with Crippen molar-refractivity contribution in [3.05, 3.63) is 23.8 Å². The van der Waals surface area contributed by atoms with Crippen molar-refractivity contribution < 1.29 is 8.42 Å². The van der Waals surface area contributed by atoms with E-state index in [0.29, 0.717) is 29.2 Å². The maximum absolute atomic E-state index is 12.7. The zero-order valence-corrected chi connectivity index (χ0v) is 13.0. The van der Waals surface area contributed by atoms with Crippen molar-refractivity contribution >= 4 is 15.7 Å². The molecule has 0 amide bonds. The zero-order chi connectivity index (χ0) is 14.8. The minimum absolute atomic E-state index is 0.371. The quantitative estimate of drug-likeness (QED) is 0.851. The topological polar surface area (TPSA) is 66.6 Å². The van der Waals surface area contributed by atoms with E-state index in [1.807, 2.05) is 0 Å². The normalized spacial score (nSPS) is 18.3. The van der Waals surface area contributed by atoms with Gasteiger partial charge in [-0.1, -0.05) is 6.92 Å². The zero-order valence-electron chi connectivity index (χ0n) is 12.2. The van der Waals surface area contributed by atoms with Gasteiger partial charge in [-0.25, -0.2) is 8.42 Å². The molecule has 0 atom stereocenters. The van der Waals surface area contributed by atoms with E-state index in [9.17, 15) is 8.42 Å². The van der Waals surface area contributed by atoms with Gasteiger partial charge in [0.2, 0.25) is 10.0 Å². The van der Waals surface area contributed by atoms with Crippen molar-refractivity contribution in [3.8, 4) is 0 Å². The third kappa shape index (κ3) is 3.13. The Morgan fingerprint density at radius 1 is 1.20 bits per heavy atom. The smallest absolute Gasteiger partial charge is 0.243 e. The summed E-state index contributed by atoms with van der Waals surface area (Å²) in [6, 6.07) is 4.96. The molecule has 5 nitrogen and oxygen atoms in total. The number of rotatable bonds is 4. The molecule has 1 aliphatic rings. The minimum Gasteiger partial charge on any atom is -0.399 e. The Balaban J connectivity index is 2.15. The highest BCUT2D eigenvalue weighted by Crippen LogP contribution is 2.22. The average molecular weight is 297 g/mol. The number of nitrogen functional groups attached to an aromatic ring is 1. The molecule has 1 saturated heterocycles. The van der Waals surface area contributed by atoms with Crippen molar-refractivity contribution in [2.45, 2.75) is 25.2 Å². The Kier molecular flexibility index (Phi) is 4.67. The molecule has 0 aromatic heterocycles. The molecule has 0 spiro atoms. The van der Waals surface area contributed by atoms with Crippen LogP contribution in [-0.4, -0.2) is 50.3 Å². The third-order valence-electron chi connectivity index (χ3n) is 3.69. The molecule has 2 N–H and O–H groups in total. The second kappa shape index (κ2) is 6.11. The van der Waals surface area contributed by atoms with Gasteiger partial charge >= 0.3 is 0 Å². The second-order valence-electron chi connectivity index (χ2n) is 5.27. The van der Waals surface area contributed by atoms with Crippen LogP contribution in [0.3, 0.4) is 0 Å². The van der Waals surface area contributed by atoms with E-state index in [4.69, 9.17) is 5.73 Å². The molecule has 0 radical (unpaired) electrons. The van der Waals surface area contributed by atoms with Crippen LogP contribution < -0.4 is 5.73 Å². The fourth-order valence-corrected chi connectivity index (χ4v) is 4.24. The molecule has 1 aromatic carbocycles. The van der Waals surface area contributed by atoms with Gasteiger partial charge in [0, 0.05) is 31.9 Å². The van der Waals surface area contributed by atoms with Gasteiger partial charge in [0.15, 0.2) is 0 Å². The molecule has 6 heteroatoms. The van der Waals surface area contributed by atoms with Crippen LogP contribution in [0, 0.1) is 6.92 Å². The number of benzene rings is 1. The SMILES string of the molecule is CCCN1CCN(S(=O)(=O)c2ccc(N)cc2C)CC1. The van der Waals surface area contributed by atoms with Gasteiger partial charge in [-0.2, -0.15) is 4.31 Å². The molecule has 1 heterocycles. The number of sulfonamides is 1. The Morgan fingerprint density at radius 3 is 2.40 bits per heavy atom. The van der Waals surface area contributed by atoms with Crippen LogP contribution in [0.15, 0.2) is 23.1 Å². The number of nitrogens with two attached hydrogens (primary N) is 1. The van der Waals surface area contributed by atoms with Crippen LogP contribution in [0.25, 0.3) is 0 Å². The molecule has 1 aromatic rings. The summed E-state index contributed by atoms with van der Waals surface area (Å²) in [5, 5.41) is 0. The van der Waals surface area contributed by atoms with Gasteiger partial charge < -0.3 is 10.6 Å². The first-order valence-electron chi connectivity index (χ1n) is 7.03. The largest absolute Gasteiger partial charge is 0.399 e. The predicted molar refractivity (Wildman–Crippen MR) is 81.1 cm³/mol. The molecule has 2 rings (SSSR count). The fourth-order valence-electron chi connectivity index (χ4n) is 2.61. The summed E-state index contributed by atoms with van der Waals surface area (Å²) in [5.41, 5.74) is 6.99. The van der Waals surface area contributed by atoms with Crippen molar-refractivity contribution in [2.24, 2.45) is 0 Å². The van der Waals surface area contributed by atoms with E-state index in [-0.39, 0.29) is 0 Å². The van der Waals surface area contributed by atoms with Crippen LogP contribution in [0.2, 0.25) is 0 Å². The molecule has 1 fully saturated rings. The summed E-state index contributed by atoms with van der Waals surface area (Å²) >= 11 is 0. The minimum atomic E-state index is -3.40. The molecule has 20 heavy (non-hydrogen) atoms. The van der Waals surface area contributed by atoms with Gasteiger partial charge in [0.1, 0.15) is 0 Å². The van der Waals surface area contributed by atoms with Gasteiger partial charge in [0.05, 0.1) is 4.90 Å². The highest BCUT2D eigenvalue weighted by molar-refractivity contribution is 7.89. The number of piperazine rings is 1. The summed E-state index contributed by atoms with van der Waals surface area (Å²) in [7, 11) is -3.40. The summed E-state index contributed by atoms with van der Waals surface area (Å²) in [6.07, 6.45) is 1.10. The average Bonchev–Trinajstić information content (AvgIpc) is 2.39. The highest BCUT2D eigenvalue weighted by Gasteiger charge is 2.29. The number of aryl methyl sites for hydroxylation is 1. The summed E-state index contributed by atoms with van der Waals surface area (Å²) < 4.78 is 26.9. The number of hydrogen-bond donors (Lipinski definition) is 1. The van der Waals surface area contributed by atoms with E-state index >= 15 is 0 Å². The molecule has 112 valence electrons. The lowest BCUT2D eigenvalue weighted by molar-refractivity contribution is 0.188. The Morgan fingerprint density at radius 2 is 1.85 bits per heavy atom. The number of hydrogen-bond acceptors (Lipinski definition) is 4. The van der Waals surface area contributed by atoms with E-state index < -0.39 is 10.0 Å². The van der Waals surface area contributed by atoms with Crippen LogP contribution in [0.5, 0.6) is 0 Å². The van der Waals surface area contributed by atoms with Crippen LogP contribution >= 0.6 is 0 Å². The molecule has 0 bridgehead atoms. The van der Waals surface area contributed by atoms with Crippen molar-refractivity contribution in [3.63, 3.8) is 0 Å². The van der Waals surface area contributed by atoms with Gasteiger partial charge in [0.25, 0.3) is 0 Å². The Bertz CT molecular complexity index is 564. The molecule has 0 aliphatic carbocycles. The van der Waals surface area contributed by atoms with E-state index in [1.54, 1.807) is 29.4 Å². The van der Waals surface area contributed by atoms with Crippen molar-refractivity contribution in [2.75, 3.05) is 38.5 Å². The highest BCUT2D eigenvalue weighted by atomic mass is 32.2. The number of nitrogens with zero attached hydrogens (tertiary/aromatic N) is 2. The predicted octanol–water partition coefficient (Wildman–Crippen LogP) is 1.29. The first-order valence-corrected chi connectivity index (χ1v) is 8.48. The maximum atomic E-state index is 12.7. The van der Waals surface area contributed by atoms with Crippen LogP contribution in [0.1, 0.15) is 18.9 Å².